The van der Waals surface area contributed by atoms with Crippen LogP contribution >= 0.6 is 0 Å². The van der Waals surface area contributed by atoms with Crippen molar-refractivity contribution < 1.29 is 19.1 Å². The van der Waals surface area contributed by atoms with E-state index in [0.717, 1.165) is 11.3 Å². The van der Waals surface area contributed by atoms with Crippen molar-refractivity contribution in [2.75, 3.05) is 17.2 Å². The van der Waals surface area contributed by atoms with E-state index < -0.39 is 0 Å². The second-order valence-electron chi connectivity index (χ2n) is 6.36. The van der Waals surface area contributed by atoms with Crippen molar-refractivity contribution in [1.29, 1.82) is 0 Å². The highest BCUT2D eigenvalue weighted by atomic mass is 16.5. The van der Waals surface area contributed by atoms with Crippen LogP contribution in [-0.4, -0.2) is 28.4 Å². The molecule has 8 heteroatoms. The molecule has 0 radical (unpaired) electrons. The molecule has 29 heavy (non-hydrogen) atoms. The number of nitrogens with zero attached hydrogens (tertiary/aromatic N) is 2. The van der Waals surface area contributed by atoms with Crippen LogP contribution in [0.4, 0.5) is 11.4 Å². The van der Waals surface area contributed by atoms with Crippen molar-refractivity contribution >= 4 is 23.2 Å². The smallest absolute Gasteiger partial charge is 0.321 e. The van der Waals surface area contributed by atoms with Crippen LogP contribution in [0.2, 0.25) is 0 Å². The van der Waals surface area contributed by atoms with Gasteiger partial charge in [-0.15, -0.1) is 0 Å². The van der Waals surface area contributed by atoms with Gasteiger partial charge in [0.25, 0.3) is 5.91 Å². The summed E-state index contributed by atoms with van der Waals surface area (Å²) in [6, 6.07) is 14.2. The van der Waals surface area contributed by atoms with E-state index >= 15 is 0 Å². The highest BCUT2D eigenvalue weighted by Gasteiger charge is 2.15. The van der Waals surface area contributed by atoms with Crippen molar-refractivity contribution in [2.24, 2.45) is 0 Å². The van der Waals surface area contributed by atoms with E-state index in [1.165, 1.54) is 0 Å². The minimum absolute atomic E-state index is 0.0123. The predicted molar refractivity (Wildman–Crippen MR) is 106 cm³/mol. The Balaban J connectivity index is 1.29. The van der Waals surface area contributed by atoms with Crippen molar-refractivity contribution in [3.63, 3.8) is 0 Å². The minimum atomic E-state index is -0.281. The highest BCUT2D eigenvalue weighted by molar-refractivity contribution is 5.94. The molecule has 1 aromatic heterocycles. The van der Waals surface area contributed by atoms with Gasteiger partial charge >= 0.3 is 6.01 Å². The first kappa shape index (κ1) is 18.4. The maximum absolute atomic E-state index is 12.1. The zero-order valence-corrected chi connectivity index (χ0v) is 15.4. The Kier molecular flexibility index (Phi) is 5.33. The Morgan fingerprint density at radius 2 is 1.79 bits per heavy atom. The van der Waals surface area contributed by atoms with E-state index in [1.807, 2.05) is 6.07 Å². The number of amides is 2. The molecule has 1 aliphatic heterocycles. The molecule has 0 saturated carbocycles. The van der Waals surface area contributed by atoms with Crippen LogP contribution in [0.5, 0.6) is 17.5 Å². The molecule has 3 aromatic rings. The van der Waals surface area contributed by atoms with Gasteiger partial charge in [-0.25, -0.2) is 9.97 Å². The molecule has 2 heterocycles. The Bertz CT molecular complexity index is 1020. The summed E-state index contributed by atoms with van der Waals surface area (Å²) in [5.41, 5.74) is 2.41. The van der Waals surface area contributed by atoms with Crippen molar-refractivity contribution in [1.82, 2.24) is 9.97 Å². The molecule has 2 N–H and O–H groups in total. The number of aryl methyl sites for hydroxylation is 1. The number of hydrogen-bond acceptors (Lipinski definition) is 6. The molecule has 8 nitrogen and oxygen atoms in total. The standard InChI is InChI=1S/C21H18N4O4/c26-19-9-2-14-12-17(7-8-18(14)25-19)28-13-20(27)24-15-3-5-16(6-4-15)29-21-22-10-1-11-23-21/h1,3-8,10-12H,2,9,13H2,(H,24,27)(H,25,26). The lowest BCUT2D eigenvalue weighted by atomic mass is 10.0. The molecule has 0 spiro atoms. The molecule has 2 aromatic carbocycles. The lowest BCUT2D eigenvalue weighted by Gasteiger charge is -2.17. The number of nitrogens with one attached hydrogen (secondary N) is 2. The van der Waals surface area contributed by atoms with E-state index in [-0.39, 0.29) is 24.4 Å². The highest BCUT2D eigenvalue weighted by Crippen LogP contribution is 2.27. The maximum atomic E-state index is 12.1. The third-order valence-corrected chi connectivity index (χ3v) is 4.23. The molecule has 146 valence electrons. The number of carbonyl (C=O) groups is 2. The molecule has 0 unspecified atom stereocenters. The molecule has 1 aliphatic rings. The van der Waals surface area contributed by atoms with E-state index in [9.17, 15) is 9.59 Å². The van der Waals surface area contributed by atoms with Crippen LogP contribution in [0, 0.1) is 0 Å². The zero-order chi connectivity index (χ0) is 20.1. The normalized spacial score (nSPS) is 12.5. The Hall–Kier alpha value is -3.94. The Labute approximate surface area is 166 Å². The lowest BCUT2D eigenvalue weighted by Crippen LogP contribution is -2.21. The average Bonchev–Trinajstić information content (AvgIpc) is 2.74. The third kappa shape index (κ3) is 4.86. The minimum Gasteiger partial charge on any atom is -0.484 e. The summed E-state index contributed by atoms with van der Waals surface area (Å²) in [6.07, 6.45) is 4.30. The van der Waals surface area contributed by atoms with Crippen molar-refractivity contribution in [3.05, 3.63) is 66.5 Å². The van der Waals surface area contributed by atoms with Gasteiger partial charge in [-0.2, -0.15) is 0 Å². The number of aromatic nitrogens is 2. The fourth-order valence-electron chi connectivity index (χ4n) is 2.85. The van der Waals surface area contributed by atoms with E-state index in [0.29, 0.717) is 30.0 Å². The van der Waals surface area contributed by atoms with Crippen LogP contribution < -0.4 is 20.1 Å². The summed E-state index contributed by atoms with van der Waals surface area (Å²) in [4.78, 5) is 31.5. The Morgan fingerprint density at radius 1 is 1.03 bits per heavy atom. The summed E-state index contributed by atoms with van der Waals surface area (Å²) in [5, 5.41) is 5.58. The molecule has 0 saturated heterocycles. The monoisotopic (exact) mass is 390 g/mol. The number of fused-ring (bicyclic) bond motifs is 1. The van der Waals surface area contributed by atoms with Gasteiger partial charge in [0, 0.05) is 30.2 Å². The van der Waals surface area contributed by atoms with Gasteiger partial charge in [0.2, 0.25) is 5.91 Å². The maximum Gasteiger partial charge on any atom is 0.321 e. The molecular weight excluding hydrogens is 372 g/mol. The van der Waals surface area contributed by atoms with Gasteiger partial charge in [-0.05, 0) is 60.5 Å². The third-order valence-electron chi connectivity index (χ3n) is 4.23. The largest absolute Gasteiger partial charge is 0.484 e. The first-order chi connectivity index (χ1) is 14.2. The van der Waals surface area contributed by atoms with Crippen LogP contribution in [-0.2, 0) is 16.0 Å². The van der Waals surface area contributed by atoms with Gasteiger partial charge in [-0.1, -0.05) is 0 Å². The number of anilines is 2. The van der Waals surface area contributed by atoms with E-state index in [2.05, 4.69) is 20.6 Å². The van der Waals surface area contributed by atoms with Crippen molar-refractivity contribution in [3.8, 4) is 17.5 Å². The fraction of sp³-hybridized carbons (Fsp3) is 0.143. The van der Waals surface area contributed by atoms with Crippen LogP contribution in [0.3, 0.4) is 0 Å². The first-order valence-electron chi connectivity index (χ1n) is 9.06. The van der Waals surface area contributed by atoms with Gasteiger partial charge < -0.3 is 20.1 Å². The predicted octanol–water partition coefficient (Wildman–Crippen LogP) is 3.17. The molecule has 0 fully saturated rings. The second-order valence-corrected chi connectivity index (χ2v) is 6.36. The molecule has 4 rings (SSSR count). The van der Waals surface area contributed by atoms with Crippen molar-refractivity contribution in [2.45, 2.75) is 12.8 Å². The zero-order valence-electron chi connectivity index (χ0n) is 15.4. The van der Waals surface area contributed by atoms with Gasteiger partial charge in [0.1, 0.15) is 11.5 Å². The summed E-state index contributed by atoms with van der Waals surface area (Å²) in [6.45, 7) is -0.124. The van der Waals surface area contributed by atoms with Crippen LogP contribution in [0.15, 0.2) is 60.9 Å². The second kappa shape index (κ2) is 8.39. The number of benzene rings is 2. The topological polar surface area (TPSA) is 102 Å². The molecule has 0 bridgehead atoms. The van der Waals surface area contributed by atoms with Gasteiger partial charge in [0.15, 0.2) is 6.61 Å². The molecule has 0 aliphatic carbocycles. The van der Waals surface area contributed by atoms with Gasteiger partial charge in [-0.3, -0.25) is 9.59 Å². The van der Waals surface area contributed by atoms with E-state index in [1.54, 1.807) is 54.9 Å². The van der Waals surface area contributed by atoms with Crippen LogP contribution in [0.1, 0.15) is 12.0 Å². The van der Waals surface area contributed by atoms with Crippen LogP contribution in [0.25, 0.3) is 0 Å². The SMILES string of the molecule is O=C(COc1ccc2c(c1)CCC(=O)N2)Nc1ccc(Oc2ncccn2)cc1. The number of ether oxygens (including phenoxy) is 2. The molecular formula is C21H18N4O4. The molecule has 2 amide bonds. The number of hydrogen-bond donors (Lipinski definition) is 2. The Morgan fingerprint density at radius 3 is 2.59 bits per heavy atom. The van der Waals surface area contributed by atoms with Gasteiger partial charge in [0.05, 0.1) is 0 Å². The molecule has 0 atom stereocenters. The summed E-state index contributed by atoms with van der Waals surface area (Å²) in [7, 11) is 0. The first-order valence-corrected chi connectivity index (χ1v) is 9.06. The van der Waals surface area contributed by atoms with E-state index in [4.69, 9.17) is 9.47 Å². The average molecular weight is 390 g/mol. The quantitative estimate of drug-likeness (QED) is 0.670. The summed E-state index contributed by atoms with van der Waals surface area (Å²) < 4.78 is 11.1. The summed E-state index contributed by atoms with van der Waals surface area (Å²) in [5.74, 6) is 0.877. The fourth-order valence-corrected chi connectivity index (χ4v) is 2.85. The number of rotatable bonds is 6. The summed E-state index contributed by atoms with van der Waals surface area (Å²) >= 11 is 0. The lowest BCUT2D eigenvalue weighted by molar-refractivity contribution is -0.118. The number of carbonyl (C=O) groups excluding carboxylic acids is 2.